The maximum atomic E-state index is 13.4. The molecule has 0 aromatic heterocycles. The molecule has 1 saturated heterocycles. The lowest BCUT2D eigenvalue weighted by Crippen LogP contribution is -2.45. The van der Waals surface area contributed by atoms with E-state index in [-0.39, 0.29) is 13.1 Å². The topological polar surface area (TPSA) is 66.8 Å². The van der Waals surface area contributed by atoms with E-state index < -0.39 is 35.5 Å². The molecule has 1 fully saturated rings. The number of benzene rings is 1. The summed E-state index contributed by atoms with van der Waals surface area (Å²) in [6, 6.07) is 3.46. The number of hydrogen-bond acceptors (Lipinski definition) is 3. The van der Waals surface area contributed by atoms with Gasteiger partial charge in [0.15, 0.2) is 11.6 Å². The highest BCUT2D eigenvalue weighted by molar-refractivity contribution is 5.75. The first-order chi connectivity index (χ1) is 9.93. The summed E-state index contributed by atoms with van der Waals surface area (Å²) in [4.78, 5) is 24.0. The molecule has 2 unspecified atom stereocenters. The third-order valence-electron chi connectivity index (χ3n) is 3.76. The zero-order chi connectivity index (χ0) is 15.6. The number of amides is 1. The van der Waals surface area contributed by atoms with Crippen molar-refractivity contribution in [3.8, 4) is 0 Å². The highest BCUT2D eigenvalue weighted by Crippen LogP contribution is 2.34. The number of rotatable bonds is 2. The third kappa shape index (κ3) is 3.12. The number of hydrogen-bond donors (Lipinski definition) is 1. The van der Waals surface area contributed by atoms with Gasteiger partial charge in [-0.1, -0.05) is 6.07 Å². The molecule has 1 aromatic carbocycles. The van der Waals surface area contributed by atoms with Crippen molar-refractivity contribution in [1.29, 1.82) is 0 Å². The monoisotopic (exact) mass is 299 g/mol. The second-order valence-corrected chi connectivity index (χ2v) is 4.93. The highest BCUT2D eigenvalue weighted by atomic mass is 19.2. The van der Waals surface area contributed by atoms with Crippen molar-refractivity contribution < 1.29 is 28.2 Å². The average molecular weight is 299 g/mol. The summed E-state index contributed by atoms with van der Waals surface area (Å²) < 4.78 is 31.1. The minimum Gasteiger partial charge on any atom is -0.469 e. The molecule has 1 aliphatic rings. The normalized spacial score (nSPS) is 22.0. The van der Waals surface area contributed by atoms with E-state index in [0.717, 1.165) is 17.0 Å². The van der Waals surface area contributed by atoms with Crippen LogP contribution in [0.15, 0.2) is 18.2 Å². The Morgan fingerprint density at radius 1 is 1.33 bits per heavy atom. The van der Waals surface area contributed by atoms with E-state index in [2.05, 4.69) is 0 Å². The summed E-state index contributed by atoms with van der Waals surface area (Å²) in [5, 5.41) is 9.01. The Hall–Kier alpha value is -2.18. The molecule has 0 aliphatic carbocycles. The molecule has 21 heavy (non-hydrogen) atoms. The molecule has 2 atom stereocenters. The molecular weight excluding hydrogens is 284 g/mol. The van der Waals surface area contributed by atoms with Crippen LogP contribution in [0.3, 0.4) is 0 Å². The van der Waals surface area contributed by atoms with Crippen LogP contribution in [0.1, 0.15) is 17.9 Å². The summed E-state index contributed by atoms with van der Waals surface area (Å²) in [5.41, 5.74) is 0.467. The standard InChI is InChI=1S/C14H15F2NO4/c1-21-13(18)10-7-17(14(19)20)5-4-9(10)8-2-3-11(15)12(16)6-8/h2-3,6,9-10H,4-5,7H2,1H3,(H,19,20). The Balaban J connectivity index is 2.29. The number of halogens is 2. The SMILES string of the molecule is COC(=O)C1CN(C(=O)O)CCC1c1ccc(F)c(F)c1. The van der Waals surface area contributed by atoms with E-state index in [0.29, 0.717) is 12.0 Å². The molecule has 1 N–H and O–H groups in total. The van der Waals surface area contributed by atoms with Gasteiger partial charge in [0.1, 0.15) is 0 Å². The van der Waals surface area contributed by atoms with Crippen molar-refractivity contribution >= 4 is 12.1 Å². The molecule has 114 valence electrons. The lowest BCUT2D eigenvalue weighted by Gasteiger charge is -2.35. The lowest BCUT2D eigenvalue weighted by atomic mass is 9.80. The summed E-state index contributed by atoms with van der Waals surface area (Å²) in [7, 11) is 1.21. The summed E-state index contributed by atoms with van der Waals surface area (Å²) in [6.45, 7) is 0.207. The number of methoxy groups -OCH3 is 1. The van der Waals surface area contributed by atoms with E-state index in [1.165, 1.54) is 13.2 Å². The van der Waals surface area contributed by atoms with Crippen molar-refractivity contribution in [2.75, 3.05) is 20.2 Å². The first-order valence-electron chi connectivity index (χ1n) is 6.44. The average Bonchev–Trinajstić information content (AvgIpc) is 2.48. The van der Waals surface area contributed by atoms with Crippen molar-refractivity contribution in [2.45, 2.75) is 12.3 Å². The second kappa shape index (κ2) is 6.07. The van der Waals surface area contributed by atoms with Gasteiger partial charge in [0.2, 0.25) is 0 Å². The van der Waals surface area contributed by atoms with Gasteiger partial charge in [-0.2, -0.15) is 0 Å². The largest absolute Gasteiger partial charge is 0.469 e. The molecule has 1 amide bonds. The molecular formula is C14H15F2NO4. The molecule has 2 rings (SSSR count). The maximum Gasteiger partial charge on any atom is 0.407 e. The molecule has 0 spiro atoms. The van der Waals surface area contributed by atoms with Crippen molar-refractivity contribution in [2.24, 2.45) is 5.92 Å². The number of ether oxygens (including phenoxy) is 1. The Bertz CT molecular complexity index is 564. The third-order valence-corrected chi connectivity index (χ3v) is 3.76. The van der Waals surface area contributed by atoms with Crippen molar-refractivity contribution in [1.82, 2.24) is 4.90 Å². The Morgan fingerprint density at radius 3 is 2.62 bits per heavy atom. The van der Waals surface area contributed by atoms with Crippen LogP contribution in [0.5, 0.6) is 0 Å². The number of esters is 1. The minimum atomic E-state index is -1.12. The number of likely N-dealkylation sites (tertiary alicyclic amines) is 1. The molecule has 1 heterocycles. The van der Waals surface area contributed by atoms with Gasteiger partial charge in [0.05, 0.1) is 13.0 Å². The maximum absolute atomic E-state index is 13.4. The van der Waals surface area contributed by atoms with Gasteiger partial charge in [-0.25, -0.2) is 13.6 Å². The molecule has 0 saturated carbocycles. The second-order valence-electron chi connectivity index (χ2n) is 4.93. The number of piperidine rings is 1. The Kier molecular flexibility index (Phi) is 4.40. The number of nitrogens with zero attached hydrogens (tertiary/aromatic N) is 1. The summed E-state index contributed by atoms with van der Waals surface area (Å²) in [5.74, 6) is -3.64. The van der Waals surface area contributed by atoms with Gasteiger partial charge in [-0.15, -0.1) is 0 Å². The smallest absolute Gasteiger partial charge is 0.407 e. The minimum absolute atomic E-state index is 0.0222. The molecule has 5 nitrogen and oxygen atoms in total. The van der Waals surface area contributed by atoms with Crippen LogP contribution in [-0.2, 0) is 9.53 Å². The van der Waals surface area contributed by atoms with Crippen LogP contribution in [-0.4, -0.2) is 42.3 Å². The Labute approximate surface area is 120 Å². The van der Waals surface area contributed by atoms with Crippen LogP contribution >= 0.6 is 0 Å². The van der Waals surface area contributed by atoms with Gasteiger partial charge in [-0.05, 0) is 24.1 Å². The molecule has 0 radical (unpaired) electrons. The Morgan fingerprint density at radius 2 is 2.05 bits per heavy atom. The van der Waals surface area contributed by atoms with E-state index in [1.807, 2.05) is 0 Å². The molecule has 7 heteroatoms. The van der Waals surface area contributed by atoms with E-state index in [4.69, 9.17) is 9.84 Å². The van der Waals surface area contributed by atoms with E-state index >= 15 is 0 Å². The van der Waals surface area contributed by atoms with E-state index in [9.17, 15) is 18.4 Å². The molecule has 1 aromatic rings. The fraction of sp³-hybridized carbons (Fsp3) is 0.429. The fourth-order valence-corrected chi connectivity index (χ4v) is 2.66. The van der Waals surface area contributed by atoms with Crippen molar-refractivity contribution in [3.63, 3.8) is 0 Å². The summed E-state index contributed by atoms with van der Waals surface area (Å²) in [6.07, 6.45) is -0.774. The fourth-order valence-electron chi connectivity index (χ4n) is 2.66. The zero-order valence-electron chi connectivity index (χ0n) is 11.4. The van der Waals surface area contributed by atoms with Crippen LogP contribution in [0.2, 0.25) is 0 Å². The van der Waals surface area contributed by atoms with Gasteiger partial charge in [0, 0.05) is 19.0 Å². The van der Waals surface area contributed by atoms with Crippen LogP contribution in [0.25, 0.3) is 0 Å². The first-order valence-corrected chi connectivity index (χ1v) is 6.44. The number of carboxylic acid groups (broad SMARTS) is 1. The van der Waals surface area contributed by atoms with Gasteiger partial charge >= 0.3 is 12.1 Å². The van der Waals surface area contributed by atoms with Crippen LogP contribution < -0.4 is 0 Å². The van der Waals surface area contributed by atoms with Gasteiger partial charge < -0.3 is 14.7 Å². The van der Waals surface area contributed by atoms with Crippen LogP contribution in [0, 0.1) is 17.6 Å². The van der Waals surface area contributed by atoms with E-state index in [1.54, 1.807) is 0 Å². The first kappa shape index (κ1) is 15.2. The number of carbonyl (C=O) groups excluding carboxylic acids is 1. The predicted molar refractivity (Wildman–Crippen MR) is 68.8 cm³/mol. The quantitative estimate of drug-likeness (QED) is 0.850. The van der Waals surface area contributed by atoms with Gasteiger partial charge in [-0.3, -0.25) is 4.79 Å². The molecule has 1 aliphatic heterocycles. The molecule has 0 bridgehead atoms. The number of carbonyl (C=O) groups is 2. The van der Waals surface area contributed by atoms with Gasteiger partial charge in [0.25, 0.3) is 0 Å². The predicted octanol–water partition coefficient (Wildman–Crippen LogP) is 2.22. The lowest BCUT2D eigenvalue weighted by molar-refractivity contribution is -0.147. The summed E-state index contributed by atoms with van der Waals surface area (Å²) >= 11 is 0. The van der Waals surface area contributed by atoms with Crippen LogP contribution in [0.4, 0.5) is 13.6 Å². The zero-order valence-corrected chi connectivity index (χ0v) is 11.4. The van der Waals surface area contributed by atoms with Crippen molar-refractivity contribution in [3.05, 3.63) is 35.4 Å². The highest BCUT2D eigenvalue weighted by Gasteiger charge is 2.37.